The number of carbonyl (C=O) groups is 2. The fourth-order valence-corrected chi connectivity index (χ4v) is 3.17. The van der Waals surface area contributed by atoms with Crippen LogP contribution in [0.3, 0.4) is 0 Å². The van der Waals surface area contributed by atoms with Crippen LogP contribution in [0.5, 0.6) is 11.5 Å². The molecule has 0 radical (unpaired) electrons. The summed E-state index contributed by atoms with van der Waals surface area (Å²) in [4.78, 5) is 24.1. The second-order valence-corrected chi connectivity index (χ2v) is 6.33. The van der Waals surface area contributed by atoms with Gasteiger partial charge in [0, 0.05) is 6.07 Å². The molecule has 1 amide bonds. The van der Waals surface area contributed by atoms with E-state index in [1.165, 1.54) is 19.3 Å². The summed E-state index contributed by atoms with van der Waals surface area (Å²) in [5.74, 6) is -0.280. The first-order valence-corrected chi connectivity index (χ1v) is 8.47. The Morgan fingerprint density at radius 2 is 2.12 bits per heavy atom. The Morgan fingerprint density at radius 3 is 2.81 bits per heavy atom. The van der Waals surface area contributed by atoms with Crippen molar-refractivity contribution < 1.29 is 23.8 Å². The summed E-state index contributed by atoms with van der Waals surface area (Å²) >= 11 is 7.30. The maximum atomic E-state index is 12.4. The standard InChI is InChI=1S/C17H11ClN2O5S/c1-23-17(22)11-2-3-26-16(11)20-15(21)10(7-19)4-9-5-13-14(6-12(9)18)25-8-24-13/h2-6H,8H2,1H3,(H,20,21)/b10-4+. The SMILES string of the molecule is COC(=O)c1ccsc1NC(=O)/C(C#N)=C/c1cc2c(cc1Cl)OCO2. The van der Waals surface area contributed by atoms with Gasteiger partial charge in [-0.25, -0.2) is 4.79 Å². The fourth-order valence-electron chi connectivity index (χ4n) is 2.19. The number of rotatable bonds is 4. The van der Waals surface area contributed by atoms with Gasteiger partial charge in [0.1, 0.15) is 16.6 Å². The van der Waals surface area contributed by atoms with E-state index in [1.54, 1.807) is 17.5 Å². The highest BCUT2D eigenvalue weighted by Crippen LogP contribution is 2.37. The molecule has 0 spiro atoms. The van der Waals surface area contributed by atoms with Crippen LogP contribution >= 0.6 is 22.9 Å². The van der Waals surface area contributed by atoms with Gasteiger partial charge >= 0.3 is 5.97 Å². The third kappa shape index (κ3) is 3.49. The molecule has 0 saturated carbocycles. The van der Waals surface area contributed by atoms with Gasteiger partial charge in [0.05, 0.1) is 17.7 Å². The molecule has 1 aliphatic heterocycles. The van der Waals surface area contributed by atoms with E-state index in [2.05, 4.69) is 10.1 Å². The third-order valence-electron chi connectivity index (χ3n) is 3.45. The number of thiophene rings is 1. The predicted octanol–water partition coefficient (Wildman–Crippen LogP) is 3.46. The minimum atomic E-state index is -0.672. The van der Waals surface area contributed by atoms with Gasteiger partial charge in [-0.3, -0.25) is 4.79 Å². The van der Waals surface area contributed by atoms with E-state index in [-0.39, 0.29) is 17.9 Å². The molecule has 2 aromatic rings. The highest BCUT2D eigenvalue weighted by Gasteiger charge is 2.19. The first kappa shape index (κ1) is 17.8. The summed E-state index contributed by atoms with van der Waals surface area (Å²) in [5, 5.41) is 14.1. The first-order valence-electron chi connectivity index (χ1n) is 7.21. The zero-order valence-electron chi connectivity index (χ0n) is 13.4. The lowest BCUT2D eigenvalue weighted by atomic mass is 10.1. The summed E-state index contributed by atoms with van der Waals surface area (Å²) < 4.78 is 15.1. The molecule has 132 valence electrons. The van der Waals surface area contributed by atoms with Crippen molar-refractivity contribution in [3.63, 3.8) is 0 Å². The number of methoxy groups -OCH3 is 1. The van der Waals surface area contributed by atoms with Crippen molar-refractivity contribution in [2.45, 2.75) is 0 Å². The molecule has 0 atom stereocenters. The molecule has 1 N–H and O–H groups in total. The number of hydrogen-bond acceptors (Lipinski definition) is 7. The van der Waals surface area contributed by atoms with Crippen molar-refractivity contribution in [3.8, 4) is 17.6 Å². The fraction of sp³-hybridized carbons (Fsp3) is 0.118. The van der Waals surface area contributed by atoms with Crippen LogP contribution in [-0.4, -0.2) is 25.8 Å². The van der Waals surface area contributed by atoms with Crippen LogP contribution in [0.4, 0.5) is 5.00 Å². The minimum Gasteiger partial charge on any atom is -0.465 e. The molecular weight excluding hydrogens is 380 g/mol. The van der Waals surface area contributed by atoms with Gasteiger partial charge in [-0.05, 0) is 29.2 Å². The predicted molar refractivity (Wildman–Crippen MR) is 95.5 cm³/mol. The molecule has 0 aliphatic carbocycles. The van der Waals surface area contributed by atoms with Crippen LogP contribution in [0.2, 0.25) is 5.02 Å². The van der Waals surface area contributed by atoms with Gasteiger partial charge in [-0.15, -0.1) is 11.3 Å². The van der Waals surface area contributed by atoms with Crippen LogP contribution in [0.1, 0.15) is 15.9 Å². The lowest BCUT2D eigenvalue weighted by molar-refractivity contribution is -0.112. The molecule has 3 rings (SSSR count). The van der Waals surface area contributed by atoms with Crippen molar-refractivity contribution in [2.75, 3.05) is 19.2 Å². The number of carbonyl (C=O) groups excluding carboxylic acids is 2. The van der Waals surface area contributed by atoms with Crippen molar-refractivity contribution >= 4 is 45.9 Å². The lowest BCUT2D eigenvalue weighted by Gasteiger charge is -2.06. The number of amides is 1. The zero-order valence-corrected chi connectivity index (χ0v) is 14.9. The molecule has 7 nitrogen and oxygen atoms in total. The number of nitrogens with zero attached hydrogens (tertiary/aromatic N) is 1. The van der Waals surface area contributed by atoms with Crippen molar-refractivity contribution in [3.05, 3.63) is 45.3 Å². The smallest absolute Gasteiger partial charge is 0.340 e. The Labute approximate surface area is 157 Å². The number of halogens is 1. The maximum absolute atomic E-state index is 12.4. The van der Waals surface area contributed by atoms with Gasteiger partial charge in [-0.2, -0.15) is 5.26 Å². The van der Waals surface area contributed by atoms with Gasteiger partial charge in [0.2, 0.25) is 6.79 Å². The molecule has 1 aromatic carbocycles. The average Bonchev–Trinajstić information content (AvgIpc) is 3.27. The summed E-state index contributed by atoms with van der Waals surface area (Å²) in [6.07, 6.45) is 1.34. The first-order chi connectivity index (χ1) is 12.5. The molecule has 2 heterocycles. The van der Waals surface area contributed by atoms with Crippen LogP contribution in [0, 0.1) is 11.3 Å². The van der Waals surface area contributed by atoms with Gasteiger partial charge in [-0.1, -0.05) is 11.6 Å². The number of anilines is 1. The van der Waals surface area contributed by atoms with Crippen LogP contribution in [0.15, 0.2) is 29.2 Å². The highest BCUT2D eigenvalue weighted by molar-refractivity contribution is 7.14. The summed E-state index contributed by atoms with van der Waals surface area (Å²) in [6, 6.07) is 6.49. The Bertz CT molecular complexity index is 961. The quantitative estimate of drug-likeness (QED) is 0.487. The molecule has 26 heavy (non-hydrogen) atoms. The zero-order chi connectivity index (χ0) is 18.7. The number of nitrogens with one attached hydrogen (secondary N) is 1. The number of hydrogen-bond donors (Lipinski definition) is 1. The highest BCUT2D eigenvalue weighted by atomic mass is 35.5. The average molecular weight is 391 g/mol. The minimum absolute atomic E-state index is 0.0824. The Hall–Kier alpha value is -3.02. The van der Waals surface area contributed by atoms with Gasteiger partial charge in [0.15, 0.2) is 11.5 Å². The maximum Gasteiger partial charge on any atom is 0.340 e. The molecule has 0 unspecified atom stereocenters. The van der Waals surface area contributed by atoms with E-state index in [9.17, 15) is 14.9 Å². The van der Waals surface area contributed by atoms with Crippen LogP contribution < -0.4 is 14.8 Å². The van der Waals surface area contributed by atoms with Gasteiger partial charge in [0.25, 0.3) is 5.91 Å². The van der Waals surface area contributed by atoms with E-state index >= 15 is 0 Å². The Balaban J connectivity index is 1.87. The number of ether oxygens (including phenoxy) is 3. The molecule has 9 heteroatoms. The van der Waals surface area contributed by atoms with Gasteiger partial charge < -0.3 is 19.5 Å². The third-order valence-corrected chi connectivity index (χ3v) is 4.61. The number of benzene rings is 1. The molecular formula is C17H11ClN2O5S. The number of nitriles is 1. The number of fused-ring (bicyclic) bond motifs is 1. The molecule has 1 aromatic heterocycles. The van der Waals surface area contributed by atoms with E-state index in [1.807, 2.05) is 6.07 Å². The van der Waals surface area contributed by atoms with E-state index in [0.29, 0.717) is 27.1 Å². The normalized spacial score (nSPS) is 12.4. The summed E-state index contributed by atoms with van der Waals surface area (Å²) in [7, 11) is 1.24. The number of esters is 1. The Morgan fingerprint density at radius 1 is 1.38 bits per heavy atom. The van der Waals surface area contributed by atoms with E-state index in [4.69, 9.17) is 21.1 Å². The van der Waals surface area contributed by atoms with Crippen molar-refractivity contribution in [2.24, 2.45) is 0 Å². The lowest BCUT2D eigenvalue weighted by Crippen LogP contribution is -2.15. The van der Waals surface area contributed by atoms with E-state index in [0.717, 1.165) is 11.3 Å². The van der Waals surface area contributed by atoms with Crippen LogP contribution in [-0.2, 0) is 9.53 Å². The Kier molecular flexibility index (Phi) is 5.11. The molecule has 0 bridgehead atoms. The van der Waals surface area contributed by atoms with Crippen molar-refractivity contribution in [1.82, 2.24) is 0 Å². The monoisotopic (exact) mass is 390 g/mol. The molecule has 0 saturated heterocycles. The van der Waals surface area contributed by atoms with Crippen LogP contribution in [0.25, 0.3) is 6.08 Å². The summed E-state index contributed by atoms with van der Waals surface area (Å²) in [5.41, 5.74) is 0.459. The second-order valence-electron chi connectivity index (χ2n) is 5.01. The second kappa shape index (κ2) is 7.47. The molecule has 0 fully saturated rings. The summed E-state index contributed by atoms with van der Waals surface area (Å²) in [6.45, 7) is 0.0824. The molecule has 1 aliphatic rings. The largest absolute Gasteiger partial charge is 0.465 e. The van der Waals surface area contributed by atoms with Crippen molar-refractivity contribution in [1.29, 1.82) is 5.26 Å². The topological polar surface area (TPSA) is 97.7 Å². The van der Waals surface area contributed by atoms with E-state index < -0.39 is 11.9 Å².